The molecule has 0 saturated carbocycles. The van der Waals surface area contributed by atoms with Crippen molar-refractivity contribution in [1.82, 2.24) is 15.4 Å². The monoisotopic (exact) mass is 297 g/mol. The van der Waals surface area contributed by atoms with Crippen molar-refractivity contribution < 1.29 is 14.0 Å². The normalized spacial score (nSPS) is 10.6. The molecule has 0 unspecified atom stereocenters. The first-order valence-electron chi connectivity index (χ1n) is 6.78. The topological polar surface area (TPSA) is 76.3 Å². The Morgan fingerprint density at radius 1 is 1.05 bits per heavy atom. The summed E-state index contributed by atoms with van der Waals surface area (Å²) in [5, 5.41) is 0.876. The number of nitrogens with zero attached hydrogens (tertiary/aromatic N) is 1. The SMILES string of the molecule is Cc1c(C(=O)NNC(=O)c2cccn2C)oc2ccccc12. The van der Waals surface area contributed by atoms with Crippen LogP contribution in [0.2, 0.25) is 0 Å². The molecule has 0 bridgehead atoms. The van der Waals surface area contributed by atoms with Gasteiger partial charge in [-0.05, 0) is 25.1 Å². The third kappa shape index (κ3) is 2.35. The van der Waals surface area contributed by atoms with E-state index >= 15 is 0 Å². The molecule has 0 fully saturated rings. The fraction of sp³-hybridized carbons (Fsp3) is 0.125. The van der Waals surface area contributed by atoms with Crippen LogP contribution in [0.1, 0.15) is 26.6 Å². The fourth-order valence-corrected chi connectivity index (χ4v) is 2.32. The molecule has 2 aromatic heterocycles. The maximum absolute atomic E-state index is 12.2. The zero-order valence-corrected chi connectivity index (χ0v) is 12.2. The lowest BCUT2D eigenvalue weighted by Gasteiger charge is -2.07. The molecule has 0 aliphatic rings. The van der Waals surface area contributed by atoms with E-state index in [1.807, 2.05) is 18.2 Å². The van der Waals surface area contributed by atoms with Gasteiger partial charge in [-0.15, -0.1) is 0 Å². The molecule has 1 aromatic carbocycles. The van der Waals surface area contributed by atoms with E-state index in [1.165, 1.54) is 0 Å². The number of nitrogens with one attached hydrogen (secondary N) is 2. The van der Waals surface area contributed by atoms with Gasteiger partial charge in [-0.1, -0.05) is 18.2 Å². The van der Waals surface area contributed by atoms with Gasteiger partial charge in [0.25, 0.3) is 5.91 Å². The zero-order chi connectivity index (χ0) is 15.7. The van der Waals surface area contributed by atoms with E-state index in [4.69, 9.17) is 4.42 Å². The molecule has 2 heterocycles. The van der Waals surface area contributed by atoms with Crippen molar-refractivity contribution in [2.75, 3.05) is 0 Å². The van der Waals surface area contributed by atoms with Crippen LogP contribution in [-0.2, 0) is 7.05 Å². The summed E-state index contributed by atoms with van der Waals surface area (Å²) >= 11 is 0. The van der Waals surface area contributed by atoms with Crippen LogP contribution in [0, 0.1) is 6.92 Å². The standard InChI is InChI=1S/C16H15N3O3/c1-10-11-6-3-4-8-13(11)22-14(10)16(21)18-17-15(20)12-7-5-9-19(12)2/h3-9H,1-2H3,(H,17,20)(H,18,21). The first-order chi connectivity index (χ1) is 10.6. The molecule has 0 atom stereocenters. The summed E-state index contributed by atoms with van der Waals surface area (Å²) in [5.41, 5.74) is 6.57. The van der Waals surface area contributed by atoms with Crippen LogP contribution in [0.5, 0.6) is 0 Å². The molecule has 0 radical (unpaired) electrons. The van der Waals surface area contributed by atoms with Crippen LogP contribution in [0.3, 0.4) is 0 Å². The maximum Gasteiger partial charge on any atom is 0.305 e. The summed E-state index contributed by atoms with van der Waals surface area (Å²) in [6.45, 7) is 1.81. The average molecular weight is 297 g/mol. The first-order valence-corrected chi connectivity index (χ1v) is 6.78. The molecule has 6 heteroatoms. The van der Waals surface area contributed by atoms with Gasteiger partial charge in [-0.25, -0.2) is 0 Å². The highest BCUT2D eigenvalue weighted by Crippen LogP contribution is 2.24. The van der Waals surface area contributed by atoms with Gasteiger partial charge in [-0.3, -0.25) is 20.4 Å². The van der Waals surface area contributed by atoms with E-state index < -0.39 is 11.8 Å². The summed E-state index contributed by atoms with van der Waals surface area (Å²) in [7, 11) is 1.75. The van der Waals surface area contributed by atoms with E-state index in [0.29, 0.717) is 11.3 Å². The van der Waals surface area contributed by atoms with Gasteiger partial charge in [0, 0.05) is 24.2 Å². The minimum absolute atomic E-state index is 0.188. The van der Waals surface area contributed by atoms with Gasteiger partial charge in [0.15, 0.2) is 5.76 Å². The van der Waals surface area contributed by atoms with Crippen molar-refractivity contribution in [2.24, 2.45) is 7.05 Å². The Morgan fingerprint density at radius 2 is 1.77 bits per heavy atom. The Morgan fingerprint density at radius 3 is 2.45 bits per heavy atom. The lowest BCUT2D eigenvalue weighted by Crippen LogP contribution is -2.42. The largest absolute Gasteiger partial charge is 0.451 e. The Labute approximate surface area is 126 Å². The molecular formula is C16H15N3O3. The summed E-state index contributed by atoms with van der Waals surface area (Å²) in [4.78, 5) is 24.1. The second-order valence-corrected chi connectivity index (χ2v) is 4.96. The molecule has 112 valence electrons. The molecule has 0 saturated heterocycles. The number of fused-ring (bicyclic) bond motifs is 1. The summed E-state index contributed by atoms with van der Waals surface area (Å²) in [6, 6.07) is 10.8. The number of rotatable bonds is 2. The molecule has 6 nitrogen and oxygen atoms in total. The molecule has 3 aromatic rings. The summed E-state index contributed by atoms with van der Waals surface area (Å²) in [6.07, 6.45) is 1.75. The van der Waals surface area contributed by atoms with E-state index in [9.17, 15) is 9.59 Å². The Hall–Kier alpha value is -3.02. The van der Waals surface area contributed by atoms with Crippen molar-refractivity contribution in [2.45, 2.75) is 6.92 Å². The number of benzene rings is 1. The first kappa shape index (κ1) is 13.9. The highest BCUT2D eigenvalue weighted by Gasteiger charge is 2.18. The minimum atomic E-state index is -0.490. The second-order valence-electron chi connectivity index (χ2n) is 4.96. The number of amides is 2. The predicted molar refractivity (Wildman–Crippen MR) is 81.3 cm³/mol. The van der Waals surface area contributed by atoms with Gasteiger partial charge in [0.2, 0.25) is 0 Å². The third-order valence-corrected chi connectivity index (χ3v) is 3.52. The maximum atomic E-state index is 12.2. The van der Waals surface area contributed by atoms with Gasteiger partial charge in [-0.2, -0.15) is 0 Å². The summed E-state index contributed by atoms with van der Waals surface area (Å²) in [5.74, 6) is -0.695. The van der Waals surface area contributed by atoms with E-state index in [1.54, 1.807) is 42.9 Å². The van der Waals surface area contributed by atoms with Crippen molar-refractivity contribution in [1.29, 1.82) is 0 Å². The van der Waals surface area contributed by atoms with Crippen LogP contribution in [0.4, 0.5) is 0 Å². The highest BCUT2D eigenvalue weighted by atomic mass is 16.3. The average Bonchev–Trinajstić information content (AvgIpc) is 3.09. The number of carbonyl (C=O) groups is 2. The highest BCUT2D eigenvalue weighted by molar-refractivity contribution is 6.01. The lowest BCUT2D eigenvalue weighted by molar-refractivity contribution is 0.0827. The number of hydrogen-bond donors (Lipinski definition) is 2. The van der Waals surface area contributed by atoms with E-state index in [2.05, 4.69) is 10.9 Å². The molecule has 22 heavy (non-hydrogen) atoms. The van der Waals surface area contributed by atoms with Gasteiger partial charge >= 0.3 is 5.91 Å². The molecule has 0 aliphatic heterocycles. The number of hydrazine groups is 1. The quantitative estimate of drug-likeness (QED) is 0.712. The van der Waals surface area contributed by atoms with Crippen LogP contribution >= 0.6 is 0 Å². The second kappa shape index (κ2) is 5.40. The molecule has 2 N–H and O–H groups in total. The Bertz CT molecular complexity index is 861. The number of aryl methyl sites for hydroxylation is 2. The van der Waals surface area contributed by atoms with Crippen molar-refractivity contribution >= 4 is 22.8 Å². The predicted octanol–water partition coefficient (Wildman–Crippen LogP) is 2.15. The van der Waals surface area contributed by atoms with Crippen LogP contribution in [-0.4, -0.2) is 16.4 Å². The van der Waals surface area contributed by atoms with E-state index in [-0.39, 0.29) is 5.76 Å². The molecule has 3 rings (SSSR count). The van der Waals surface area contributed by atoms with Crippen molar-refractivity contribution in [3.05, 3.63) is 59.6 Å². The molecule has 0 spiro atoms. The third-order valence-electron chi connectivity index (χ3n) is 3.52. The van der Waals surface area contributed by atoms with E-state index in [0.717, 1.165) is 10.9 Å². The van der Waals surface area contributed by atoms with Gasteiger partial charge in [0.1, 0.15) is 11.3 Å². The van der Waals surface area contributed by atoms with Crippen LogP contribution in [0.15, 0.2) is 47.0 Å². The molecular weight excluding hydrogens is 282 g/mol. The number of aromatic nitrogens is 1. The number of furan rings is 1. The van der Waals surface area contributed by atoms with Gasteiger partial charge in [0.05, 0.1) is 0 Å². The minimum Gasteiger partial charge on any atom is -0.451 e. The smallest absolute Gasteiger partial charge is 0.305 e. The lowest BCUT2D eigenvalue weighted by atomic mass is 10.1. The number of para-hydroxylation sites is 1. The van der Waals surface area contributed by atoms with Crippen molar-refractivity contribution in [3.63, 3.8) is 0 Å². The molecule has 0 aliphatic carbocycles. The Balaban J connectivity index is 1.75. The zero-order valence-electron chi connectivity index (χ0n) is 12.2. The Kier molecular flexibility index (Phi) is 3.42. The summed E-state index contributed by atoms with van der Waals surface area (Å²) < 4.78 is 7.20. The fourth-order valence-electron chi connectivity index (χ4n) is 2.32. The van der Waals surface area contributed by atoms with Gasteiger partial charge < -0.3 is 8.98 Å². The number of hydrogen-bond acceptors (Lipinski definition) is 3. The van der Waals surface area contributed by atoms with Crippen LogP contribution in [0.25, 0.3) is 11.0 Å². The van der Waals surface area contributed by atoms with Crippen molar-refractivity contribution in [3.8, 4) is 0 Å². The molecule has 2 amide bonds. The number of carbonyl (C=O) groups excluding carboxylic acids is 2. The van der Waals surface area contributed by atoms with Crippen LogP contribution < -0.4 is 10.9 Å².